The van der Waals surface area contributed by atoms with Crippen molar-refractivity contribution in [2.45, 2.75) is 19.4 Å². The van der Waals surface area contributed by atoms with Crippen molar-refractivity contribution < 1.29 is 29.3 Å². The first-order valence-electron chi connectivity index (χ1n) is 11.6. The van der Waals surface area contributed by atoms with Crippen LogP contribution in [-0.2, 0) is 0 Å². The zero-order chi connectivity index (χ0) is 25.5. The molecule has 0 fully saturated rings. The van der Waals surface area contributed by atoms with Gasteiger partial charge in [-0.3, -0.25) is 9.59 Å². The van der Waals surface area contributed by atoms with Crippen LogP contribution < -0.4 is 9.47 Å². The van der Waals surface area contributed by atoms with Crippen molar-refractivity contribution in [2.75, 3.05) is 6.61 Å². The predicted octanol–water partition coefficient (Wildman–Crippen LogP) is 5.80. The number of hydrogen-bond acceptors (Lipinski definition) is 6. The van der Waals surface area contributed by atoms with Crippen molar-refractivity contribution in [3.8, 4) is 23.0 Å². The van der Waals surface area contributed by atoms with Crippen molar-refractivity contribution in [3.63, 3.8) is 0 Å². The number of carbonyl (C=O) groups is 2. The van der Waals surface area contributed by atoms with Gasteiger partial charge in [-0.2, -0.15) is 0 Å². The molecule has 6 heteroatoms. The van der Waals surface area contributed by atoms with Crippen LogP contribution in [0.4, 0.5) is 0 Å². The van der Waals surface area contributed by atoms with E-state index in [1.165, 1.54) is 24.3 Å². The van der Waals surface area contributed by atoms with Gasteiger partial charge in [-0.05, 0) is 30.7 Å². The summed E-state index contributed by atoms with van der Waals surface area (Å²) in [5.74, 6) is -0.0860. The summed E-state index contributed by atoms with van der Waals surface area (Å²) in [5, 5.41) is 20.8. The van der Waals surface area contributed by atoms with Crippen LogP contribution in [0.15, 0.2) is 97.1 Å². The van der Waals surface area contributed by atoms with Gasteiger partial charge in [-0.25, -0.2) is 0 Å². The second-order valence-corrected chi connectivity index (χ2v) is 8.21. The van der Waals surface area contributed by atoms with E-state index in [4.69, 9.17) is 9.47 Å². The molecule has 36 heavy (non-hydrogen) atoms. The van der Waals surface area contributed by atoms with Crippen LogP contribution in [0.5, 0.6) is 23.0 Å². The van der Waals surface area contributed by atoms with Gasteiger partial charge in [-0.1, -0.05) is 67.6 Å². The molecular weight excluding hydrogens is 456 g/mol. The third-order valence-electron chi connectivity index (χ3n) is 5.69. The monoisotopic (exact) mass is 482 g/mol. The van der Waals surface area contributed by atoms with Crippen molar-refractivity contribution in [3.05, 3.63) is 119 Å². The highest BCUT2D eigenvalue weighted by molar-refractivity contribution is 6.11. The minimum atomic E-state index is -0.354. The van der Waals surface area contributed by atoms with E-state index in [0.717, 1.165) is 0 Å². The normalized spacial score (nSPS) is 11.5. The molecule has 0 aliphatic rings. The Labute approximate surface area is 209 Å². The van der Waals surface area contributed by atoms with E-state index in [1.54, 1.807) is 60.7 Å². The molecule has 4 aromatic rings. The van der Waals surface area contributed by atoms with Crippen LogP contribution in [0.1, 0.15) is 45.2 Å². The molecule has 0 radical (unpaired) electrons. The molecular formula is C30H26O6. The summed E-state index contributed by atoms with van der Waals surface area (Å²) in [5.41, 5.74) is 1.36. The summed E-state index contributed by atoms with van der Waals surface area (Å²) < 4.78 is 11.7. The van der Waals surface area contributed by atoms with Gasteiger partial charge in [0, 0.05) is 23.3 Å². The molecule has 0 heterocycles. The summed E-state index contributed by atoms with van der Waals surface area (Å²) in [6.07, 6.45) is 0.259. The minimum Gasteiger partial charge on any atom is -0.507 e. The maximum absolute atomic E-state index is 12.6. The zero-order valence-electron chi connectivity index (χ0n) is 19.8. The standard InChI is InChI=1S/C30H26O6/c1-2-22(36-24-14-16-26(28(32)18-24)30(34)21-11-7-4-8-12-21)19-35-23-13-15-25(27(31)17-23)29(33)20-9-5-3-6-10-20/h3-18,22,31-32H,2,19H2,1H3. The van der Waals surface area contributed by atoms with Gasteiger partial charge < -0.3 is 19.7 Å². The first kappa shape index (κ1) is 24.5. The molecule has 0 spiro atoms. The number of ether oxygens (including phenoxy) is 2. The third-order valence-corrected chi connectivity index (χ3v) is 5.69. The largest absolute Gasteiger partial charge is 0.507 e. The van der Waals surface area contributed by atoms with Crippen LogP contribution in [0.3, 0.4) is 0 Å². The summed E-state index contributed by atoms with van der Waals surface area (Å²) in [6.45, 7) is 2.10. The molecule has 2 N–H and O–H groups in total. The van der Waals surface area contributed by atoms with Gasteiger partial charge in [0.1, 0.15) is 35.7 Å². The molecule has 1 atom stereocenters. The smallest absolute Gasteiger partial charge is 0.196 e. The second kappa shape index (κ2) is 11.2. The fraction of sp³-hybridized carbons (Fsp3) is 0.133. The fourth-order valence-electron chi connectivity index (χ4n) is 3.68. The maximum atomic E-state index is 12.6. The summed E-state index contributed by atoms with van der Waals surface area (Å²) in [7, 11) is 0. The molecule has 0 aliphatic heterocycles. The van der Waals surface area contributed by atoms with Gasteiger partial charge in [-0.15, -0.1) is 0 Å². The van der Waals surface area contributed by atoms with Crippen molar-refractivity contribution in [1.29, 1.82) is 0 Å². The number of hydrogen-bond donors (Lipinski definition) is 2. The summed E-state index contributed by atoms with van der Waals surface area (Å²) in [6, 6.07) is 26.6. The molecule has 0 saturated heterocycles. The number of benzene rings is 4. The van der Waals surface area contributed by atoms with E-state index in [2.05, 4.69) is 0 Å². The van der Waals surface area contributed by atoms with Gasteiger partial charge in [0.2, 0.25) is 0 Å². The lowest BCUT2D eigenvalue weighted by Crippen LogP contribution is -2.24. The Morgan fingerprint density at radius 1 is 0.694 bits per heavy atom. The SMILES string of the molecule is CCC(COc1ccc(C(=O)c2ccccc2)c(O)c1)Oc1ccc(C(=O)c2ccccc2)c(O)c1. The van der Waals surface area contributed by atoms with Gasteiger partial charge in [0.15, 0.2) is 11.6 Å². The van der Waals surface area contributed by atoms with Gasteiger partial charge in [0.05, 0.1) is 11.1 Å². The van der Waals surface area contributed by atoms with E-state index in [1.807, 2.05) is 19.1 Å². The van der Waals surface area contributed by atoms with Crippen LogP contribution in [0.25, 0.3) is 0 Å². The molecule has 4 aromatic carbocycles. The Kier molecular flexibility index (Phi) is 7.66. The van der Waals surface area contributed by atoms with Crippen LogP contribution in [-0.4, -0.2) is 34.5 Å². The molecule has 4 rings (SSSR count). The minimum absolute atomic E-state index is 0.166. The van der Waals surface area contributed by atoms with Gasteiger partial charge >= 0.3 is 0 Å². The molecule has 182 valence electrons. The topological polar surface area (TPSA) is 93.1 Å². The van der Waals surface area contributed by atoms with E-state index >= 15 is 0 Å². The van der Waals surface area contributed by atoms with E-state index in [9.17, 15) is 19.8 Å². The fourth-order valence-corrected chi connectivity index (χ4v) is 3.68. The Morgan fingerprint density at radius 3 is 1.64 bits per heavy atom. The zero-order valence-corrected chi connectivity index (χ0v) is 19.8. The average molecular weight is 483 g/mol. The number of aromatic hydroxyl groups is 2. The molecule has 1 unspecified atom stereocenters. The first-order valence-corrected chi connectivity index (χ1v) is 11.6. The lowest BCUT2D eigenvalue weighted by molar-refractivity contribution is 0.102. The van der Waals surface area contributed by atoms with Gasteiger partial charge in [0.25, 0.3) is 0 Å². The highest BCUT2D eigenvalue weighted by atomic mass is 16.5. The first-order chi connectivity index (χ1) is 17.5. The summed E-state index contributed by atoms with van der Waals surface area (Å²) >= 11 is 0. The van der Waals surface area contributed by atoms with Crippen LogP contribution in [0, 0.1) is 0 Å². The molecule has 0 amide bonds. The number of phenolic OH excluding ortho intramolecular Hbond substituents is 2. The third kappa shape index (κ3) is 5.73. The number of ketones is 2. The summed E-state index contributed by atoms with van der Waals surface area (Å²) in [4.78, 5) is 25.2. The highest BCUT2D eigenvalue weighted by Crippen LogP contribution is 2.28. The Hall–Kier alpha value is -4.58. The van der Waals surface area contributed by atoms with Crippen molar-refractivity contribution in [2.24, 2.45) is 0 Å². The Bertz CT molecular complexity index is 1350. The van der Waals surface area contributed by atoms with Crippen molar-refractivity contribution >= 4 is 11.6 Å². The van der Waals surface area contributed by atoms with E-state index in [0.29, 0.717) is 29.0 Å². The quantitative estimate of drug-likeness (QED) is 0.278. The lowest BCUT2D eigenvalue weighted by atomic mass is 10.0. The molecule has 0 aliphatic carbocycles. The number of rotatable bonds is 10. The Balaban J connectivity index is 1.39. The lowest BCUT2D eigenvalue weighted by Gasteiger charge is -2.19. The molecule has 6 nitrogen and oxygen atoms in total. The second-order valence-electron chi connectivity index (χ2n) is 8.21. The number of carbonyl (C=O) groups excluding carboxylic acids is 2. The maximum Gasteiger partial charge on any atom is 0.196 e. The van der Waals surface area contributed by atoms with Crippen molar-refractivity contribution in [1.82, 2.24) is 0 Å². The average Bonchev–Trinajstić information content (AvgIpc) is 2.91. The van der Waals surface area contributed by atoms with E-state index in [-0.39, 0.29) is 46.9 Å². The Morgan fingerprint density at radius 2 is 1.17 bits per heavy atom. The van der Waals surface area contributed by atoms with E-state index < -0.39 is 0 Å². The molecule has 0 bridgehead atoms. The number of phenols is 2. The highest BCUT2D eigenvalue weighted by Gasteiger charge is 2.17. The molecule has 0 aromatic heterocycles. The predicted molar refractivity (Wildman–Crippen MR) is 136 cm³/mol. The van der Waals surface area contributed by atoms with Crippen LogP contribution in [0.2, 0.25) is 0 Å². The van der Waals surface area contributed by atoms with Crippen LogP contribution >= 0.6 is 0 Å². The molecule has 0 saturated carbocycles.